The molecule has 2 radical (unpaired) electrons. The van der Waals surface area contributed by atoms with E-state index in [1.807, 2.05) is 0 Å². The summed E-state index contributed by atoms with van der Waals surface area (Å²) in [5.74, 6) is 1.95. The van der Waals surface area contributed by atoms with Crippen LogP contribution in [0.15, 0.2) is 109 Å². The molecule has 0 N–H and O–H groups in total. The van der Waals surface area contributed by atoms with Gasteiger partial charge in [0, 0.05) is 9.52 Å². The van der Waals surface area contributed by atoms with Gasteiger partial charge in [0.2, 0.25) is 0 Å². The minimum absolute atomic E-state index is 0.577. The Balaban J connectivity index is 0.000000195. The van der Waals surface area contributed by atoms with Crippen molar-refractivity contribution in [2.75, 3.05) is 0 Å². The maximum atomic E-state index is 4.93. The first-order valence-electron chi connectivity index (χ1n) is 18.4. The zero-order valence-electron chi connectivity index (χ0n) is 31.1. The summed E-state index contributed by atoms with van der Waals surface area (Å²) in [6.45, 7) is 15.5. The minimum atomic E-state index is -0.826. The first-order valence-corrected chi connectivity index (χ1v) is 26.7. The summed E-state index contributed by atoms with van der Waals surface area (Å²) >= 11 is -0.826. The Morgan fingerprint density at radius 2 is 1.18 bits per heavy atom. The van der Waals surface area contributed by atoms with Crippen LogP contribution in [0.5, 0.6) is 0 Å². The molecule has 0 spiro atoms. The number of benzene rings is 4. The molecule has 0 saturated heterocycles. The van der Waals surface area contributed by atoms with Crippen LogP contribution in [0.1, 0.15) is 107 Å². The normalized spacial score (nSPS) is 12.9. The van der Waals surface area contributed by atoms with Crippen molar-refractivity contribution in [1.82, 2.24) is 0 Å². The van der Waals surface area contributed by atoms with Gasteiger partial charge in [0.1, 0.15) is 0 Å². The van der Waals surface area contributed by atoms with Gasteiger partial charge in [-0.3, -0.25) is 0 Å². The van der Waals surface area contributed by atoms with E-state index < -0.39 is 20.8 Å². The van der Waals surface area contributed by atoms with E-state index in [1.54, 1.807) is 0 Å². The van der Waals surface area contributed by atoms with Crippen LogP contribution in [0, 0.1) is 0 Å². The number of fused-ring (bicyclic) bond motifs is 2. The predicted octanol–water partition coefficient (Wildman–Crippen LogP) is 15.5. The van der Waals surface area contributed by atoms with Gasteiger partial charge < -0.3 is 0 Å². The van der Waals surface area contributed by atoms with E-state index in [0.717, 1.165) is 21.9 Å². The fourth-order valence-corrected chi connectivity index (χ4v) is 7.01. The maximum absolute atomic E-state index is 4.93. The Morgan fingerprint density at radius 3 is 1.68 bits per heavy atom. The van der Waals surface area contributed by atoms with Gasteiger partial charge in [-0.15, -0.1) is 69.1 Å². The topological polar surface area (TPSA) is 0 Å². The summed E-state index contributed by atoms with van der Waals surface area (Å²) in [6.07, 6.45) is 8.08. The number of hydrogen-bond acceptors (Lipinski definition) is 0. The summed E-state index contributed by atoms with van der Waals surface area (Å²) in [7, 11) is 11.0. The molecule has 6 aromatic rings. The van der Waals surface area contributed by atoms with E-state index in [1.165, 1.54) is 98.2 Å². The SMILES string of the molecule is CC(C)c1ccc(-c2cccc3[cH-]c(C(C)C)cc23)cc1.CCc1cc2c(-c3ccc(C4CCCCC4)cc3)cccc2[cH-]1.C[Si]C.[Cl][Zr+2][Cl]. The van der Waals surface area contributed by atoms with Crippen LogP contribution < -0.4 is 0 Å². The van der Waals surface area contributed by atoms with Crippen LogP contribution in [0.3, 0.4) is 0 Å². The van der Waals surface area contributed by atoms with Crippen molar-refractivity contribution < 1.29 is 20.8 Å². The third-order valence-corrected chi connectivity index (χ3v) is 9.85. The van der Waals surface area contributed by atoms with Crippen molar-refractivity contribution in [1.29, 1.82) is 0 Å². The van der Waals surface area contributed by atoms with Crippen LogP contribution in [0.2, 0.25) is 13.1 Å². The molecule has 1 saturated carbocycles. The van der Waals surface area contributed by atoms with Gasteiger partial charge in [-0.1, -0.05) is 139 Å². The molecular formula is C46H54Cl2SiZr. The zero-order chi connectivity index (χ0) is 36.0. The fourth-order valence-electron chi connectivity index (χ4n) is 7.01. The summed E-state index contributed by atoms with van der Waals surface area (Å²) in [5, 5.41) is 5.49. The van der Waals surface area contributed by atoms with Crippen molar-refractivity contribution in [2.45, 2.75) is 104 Å². The van der Waals surface area contributed by atoms with Crippen molar-refractivity contribution in [2.24, 2.45) is 0 Å². The fraction of sp³-hybridized carbons (Fsp3) is 0.348. The molecule has 0 heterocycles. The Labute approximate surface area is 324 Å². The number of aryl methyl sites for hydroxylation is 1. The van der Waals surface area contributed by atoms with Crippen LogP contribution in [0.25, 0.3) is 43.8 Å². The van der Waals surface area contributed by atoms with E-state index >= 15 is 0 Å². The summed E-state index contributed by atoms with van der Waals surface area (Å²) in [6, 6.07) is 41.1. The third-order valence-electron chi connectivity index (χ3n) is 9.85. The van der Waals surface area contributed by atoms with Crippen molar-refractivity contribution in [3.8, 4) is 22.3 Å². The van der Waals surface area contributed by atoms with Gasteiger partial charge >= 0.3 is 37.9 Å². The molecule has 7 rings (SSSR count). The zero-order valence-corrected chi connectivity index (χ0v) is 36.1. The molecule has 0 aliphatic heterocycles. The second-order valence-corrected chi connectivity index (χ2v) is 18.8. The van der Waals surface area contributed by atoms with Crippen LogP contribution in [-0.2, 0) is 27.3 Å². The molecule has 0 atom stereocenters. The molecule has 1 aliphatic carbocycles. The average molecular weight is 797 g/mol. The van der Waals surface area contributed by atoms with E-state index in [2.05, 4.69) is 157 Å². The van der Waals surface area contributed by atoms with E-state index in [-0.39, 0.29) is 0 Å². The van der Waals surface area contributed by atoms with Crippen LogP contribution in [-0.4, -0.2) is 9.52 Å². The molecule has 1 aliphatic rings. The molecule has 0 amide bonds. The van der Waals surface area contributed by atoms with Gasteiger partial charge in [0.05, 0.1) is 0 Å². The summed E-state index contributed by atoms with van der Waals surface area (Å²) < 4.78 is 0. The van der Waals surface area contributed by atoms with Gasteiger partial charge in [-0.2, -0.15) is 12.1 Å². The monoisotopic (exact) mass is 794 g/mol. The molecule has 0 unspecified atom stereocenters. The Hall–Kier alpha value is -2.22. The first kappa shape index (κ1) is 40.5. The van der Waals surface area contributed by atoms with E-state index in [4.69, 9.17) is 17.0 Å². The quantitative estimate of drug-likeness (QED) is 0.116. The summed E-state index contributed by atoms with van der Waals surface area (Å²) in [4.78, 5) is 0. The summed E-state index contributed by atoms with van der Waals surface area (Å²) in [5.41, 5.74) is 11.2. The van der Waals surface area contributed by atoms with E-state index in [0.29, 0.717) is 11.8 Å². The average Bonchev–Trinajstić information content (AvgIpc) is 3.78. The molecule has 6 aromatic carbocycles. The van der Waals surface area contributed by atoms with Crippen molar-refractivity contribution >= 4 is 48.1 Å². The molecular weight excluding hydrogens is 743 g/mol. The van der Waals surface area contributed by atoms with Gasteiger partial charge in [0.15, 0.2) is 0 Å². The predicted molar refractivity (Wildman–Crippen MR) is 223 cm³/mol. The second-order valence-electron chi connectivity index (χ2n) is 14.1. The molecule has 260 valence electrons. The Morgan fingerprint density at radius 1 is 0.680 bits per heavy atom. The molecule has 0 bridgehead atoms. The molecule has 0 aromatic heterocycles. The first-order chi connectivity index (χ1) is 24.2. The number of rotatable bonds is 6. The van der Waals surface area contributed by atoms with E-state index in [9.17, 15) is 0 Å². The molecule has 50 heavy (non-hydrogen) atoms. The molecule has 1 fully saturated rings. The van der Waals surface area contributed by atoms with Gasteiger partial charge in [-0.25, -0.2) is 0 Å². The van der Waals surface area contributed by atoms with Gasteiger partial charge in [-0.05, 0) is 59.3 Å². The Kier molecular flexibility index (Phi) is 16.8. The van der Waals surface area contributed by atoms with Crippen LogP contribution in [0.4, 0.5) is 0 Å². The van der Waals surface area contributed by atoms with Gasteiger partial charge in [0.25, 0.3) is 0 Å². The number of halogens is 2. The molecule has 0 nitrogen and oxygen atoms in total. The van der Waals surface area contributed by atoms with Crippen molar-refractivity contribution in [3.63, 3.8) is 0 Å². The standard InChI is InChI=1S/C23H25.C21H23.C2H6Si.2ClH.Zr/c1-2-17-15-21-9-6-10-22(23(21)16-17)20-13-11-19(12-14-20)18-7-4-3-5-8-18;1-14(2)16-8-10-17(11-9-16)20-7-5-6-18-12-19(15(3)4)13-21(18)20;1-3-2;;;/h6,9-16,18H,2-5,7-8H2,1H3;5-15H,1-4H3;1-2H3;2*1H;/q2*-1;;;;+4/p-2. The third kappa shape index (κ3) is 10.9. The number of hydrogen-bond donors (Lipinski definition) is 0. The second kappa shape index (κ2) is 20.7. The Bertz CT molecular complexity index is 1850. The molecule has 4 heteroatoms. The van der Waals surface area contributed by atoms with Crippen molar-refractivity contribution in [3.05, 3.63) is 131 Å². The van der Waals surface area contributed by atoms with Crippen LogP contribution >= 0.6 is 17.0 Å².